The summed E-state index contributed by atoms with van der Waals surface area (Å²) in [6.07, 6.45) is 0. The summed E-state index contributed by atoms with van der Waals surface area (Å²) in [5, 5.41) is 11.5. The molecule has 0 aromatic heterocycles. The molecule has 2 amide bonds. The molecule has 20 heavy (non-hydrogen) atoms. The van der Waals surface area contributed by atoms with Gasteiger partial charge in [-0.2, -0.15) is 0 Å². The van der Waals surface area contributed by atoms with E-state index < -0.39 is 0 Å². The summed E-state index contributed by atoms with van der Waals surface area (Å²) in [5.74, 6) is 5.93. The maximum Gasteiger partial charge on any atom is 0.321 e. The van der Waals surface area contributed by atoms with E-state index in [1.165, 1.54) is 0 Å². The van der Waals surface area contributed by atoms with Gasteiger partial charge in [0.2, 0.25) is 0 Å². The van der Waals surface area contributed by atoms with E-state index in [1.54, 1.807) is 30.2 Å². The summed E-state index contributed by atoms with van der Waals surface area (Å²) < 4.78 is 5.22. The van der Waals surface area contributed by atoms with Gasteiger partial charge in [0.05, 0.1) is 12.8 Å². The Morgan fingerprint density at radius 2 is 2.10 bits per heavy atom. The molecule has 0 aliphatic carbocycles. The molecule has 0 spiro atoms. The second-order valence-corrected chi connectivity index (χ2v) is 3.98. The second-order valence-electron chi connectivity index (χ2n) is 3.98. The molecule has 5 nitrogen and oxygen atoms in total. The Bertz CT molecular complexity index is 514. The van der Waals surface area contributed by atoms with Crippen LogP contribution >= 0.6 is 0 Å². The fraction of sp³-hybridized carbons (Fsp3) is 0.400. The Balaban J connectivity index is 2.99. The number of hydrogen-bond donors (Lipinski definition) is 2. The zero-order valence-corrected chi connectivity index (χ0v) is 12.1. The van der Waals surface area contributed by atoms with Crippen LogP contribution in [0.25, 0.3) is 0 Å². The third kappa shape index (κ3) is 4.18. The second kappa shape index (κ2) is 8.08. The van der Waals surface area contributed by atoms with Crippen molar-refractivity contribution in [2.24, 2.45) is 0 Å². The first-order valence-corrected chi connectivity index (χ1v) is 6.49. The van der Waals surface area contributed by atoms with E-state index >= 15 is 0 Å². The molecule has 1 aromatic rings. The minimum Gasteiger partial charge on any atom is -0.495 e. The number of amides is 2. The van der Waals surface area contributed by atoms with Crippen LogP contribution in [0.1, 0.15) is 19.4 Å². The van der Waals surface area contributed by atoms with E-state index in [4.69, 9.17) is 9.84 Å². The molecule has 1 aromatic carbocycles. The summed E-state index contributed by atoms with van der Waals surface area (Å²) in [4.78, 5) is 13.7. The molecule has 1 rings (SSSR count). The number of nitrogens with zero attached hydrogens (tertiary/aromatic N) is 1. The van der Waals surface area contributed by atoms with Gasteiger partial charge in [-0.15, -0.1) is 0 Å². The average Bonchev–Trinajstić information content (AvgIpc) is 2.46. The number of rotatable bonds is 4. The largest absolute Gasteiger partial charge is 0.495 e. The van der Waals surface area contributed by atoms with Crippen LogP contribution in [0.4, 0.5) is 10.5 Å². The van der Waals surface area contributed by atoms with Gasteiger partial charge >= 0.3 is 6.03 Å². The fourth-order valence-corrected chi connectivity index (χ4v) is 1.73. The summed E-state index contributed by atoms with van der Waals surface area (Å²) in [6, 6.07) is 5.05. The van der Waals surface area contributed by atoms with Crippen molar-refractivity contribution in [3.05, 3.63) is 23.8 Å². The van der Waals surface area contributed by atoms with Crippen molar-refractivity contribution < 1.29 is 14.6 Å². The van der Waals surface area contributed by atoms with Crippen molar-refractivity contribution in [3.8, 4) is 17.6 Å². The monoisotopic (exact) mass is 276 g/mol. The highest BCUT2D eigenvalue weighted by Crippen LogP contribution is 2.25. The van der Waals surface area contributed by atoms with Gasteiger partial charge in [-0.05, 0) is 32.0 Å². The number of nitrogens with one attached hydrogen (secondary N) is 1. The summed E-state index contributed by atoms with van der Waals surface area (Å²) in [5.41, 5.74) is 1.27. The first-order valence-electron chi connectivity index (χ1n) is 6.49. The maximum absolute atomic E-state index is 12.1. The van der Waals surface area contributed by atoms with E-state index in [1.807, 2.05) is 13.8 Å². The molecular formula is C15H20N2O3. The van der Waals surface area contributed by atoms with Crippen LogP contribution in [-0.2, 0) is 0 Å². The maximum atomic E-state index is 12.1. The number of carbonyl (C=O) groups is 1. The molecule has 0 radical (unpaired) electrons. The third-order valence-electron chi connectivity index (χ3n) is 2.80. The van der Waals surface area contributed by atoms with Crippen molar-refractivity contribution >= 4 is 11.7 Å². The van der Waals surface area contributed by atoms with Gasteiger partial charge in [-0.25, -0.2) is 4.79 Å². The van der Waals surface area contributed by atoms with Crippen LogP contribution in [0.5, 0.6) is 5.75 Å². The Morgan fingerprint density at radius 1 is 1.40 bits per heavy atom. The number of ether oxygens (including phenoxy) is 1. The van der Waals surface area contributed by atoms with Gasteiger partial charge in [-0.3, -0.25) is 0 Å². The lowest BCUT2D eigenvalue weighted by Gasteiger charge is -2.20. The number of hydrogen-bond acceptors (Lipinski definition) is 3. The molecule has 0 bridgehead atoms. The number of aliphatic hydroxyl groups excluding tert-OH is 1. The summed E-state index contributed by atoms with van der Waals surface area (Å²) in [6.45, 7) is 4.91. The SMILES string of the molecule is CCN(CC)C(=O)Nc1cc(C#CCO)ccc1OC. The van der Waals surface area contributed by atoms with Gasteiger partial charge in [0.15, 0.2) is 0 Å². The van der Waals surface area contributed by atoms with Gasteiger partial charge < -0.3 is 20.1 Å². The van der Waals surface area contributed by atoms with Crippen molar-refractivity contribution in [1.82, 2.24) is 4.90 Å². The fourth-order valence-electron chi connectivity index (χ4n) is 1.73. The van der Waals surface area contributed by atoms with Crippen LogP contribution in [0, 0.1) is 11.8 Å². The minimum absolute atomic E-state index is 0.180. The standard InChI is InChI=1S/C15H20N2O3/c1-4-17(5-2)15(19)16-13-11-12(7-6-10-18)8-9-14(13)20-3/h8-9,11,18H,4-5,10H2,1-3H3,(H,16,19). The van der Waals surface area contributed by atoms with Gasteiger partial charge in [0, 0.05) is 18.7 Å². The molecular weight excluding hydrogens is 256 g/mol. The zero-order chi connectivity index (χ0) is 15.0. The highest BCUT2D eigenvalue weighted by Gasteiger charge is 2.12. The Morgan fingerprint density at radius 3 is 2.65 bits per heavy atom. The van der Waals surface area contributed by atoms with Crippen LogP contribution in [0.2, 0.25) is 0 Å². The Hall–Kier alpha value is -2.19. The first-order chi connectivity index (χ1) is 9.65. The Labute approximate surface area is 119 Å². The van der Waals surface area contributed by atoms with Crippen molar-refractivity contribution in [1.29, 1.82) is 0 Å². The molecule has 0 aliphatic heterocycles. The molecule has 0 atom stereocenters. The molecule has 0 unspecified atom stereocenters. The minimum atomic E-state index is -0.201. The summed E-state index contributed by atoms with van der Waals surface area (Å²) in [7, 11) is 1.54. The normalized spacial score (nSPS) is 9.40. The topological polar surface area (TPSA) is 61.8 Å². The summed E-state index contributed by atoms with van der Waals surface area (Å²) >= 11 is 0. The van der Waals surface area contributed by atoms with E-state index in [0.29, 0.717) is 30.1 Å². The highest BCUT2D eigenvalue weighted by molar-refractivity contribution is 5.91. The average molecular weight is 276 g/mol. The lowest BCUT2D eigenvalue weighted by Crippen LogP contribution is -2.34. The lowest BCUT2D eigenvalue weighted by molar-refractivity contribution is 0.217. The predicted molar refractivity (Wildman–Crippen MR) is 78.9 cm³/mol. The van der Waals surface area contributed by atoms with Crippen molar-refractivity contribution in [2.45, 2.75) is 13.8 Å². The number of carbonyl (C=O) groups excluding carboxylic acids is 1. The molecule has 0 saturated carbocycles. The smallest absolute Gasteiger partial charge is 0.321 e. The highest BCUT2D eigenvalue weighted by atomic mass is 16.5. The number of methoxy groups -OCH3 is 1. The van der Waals surface area contributed by atoms with E-state index in [2.05, 4.69) is 17.2 Å². The number of urea groups is 1. The van der Waals surface area contributed by atoms with Gasteiger partial charge in [0.25, 0.3) is 0 Å². The number of anilines is 1. The molecule has 0 aliphatic rings. The molecule has 108 valence electrons. The molecule has 0 heterocycles. The van der Waals surface area contributed by atoms with Crippen LogP contribution in [0.3, 0.4) is 0 Å². The van der Waals surface area contributed by atoms with Gasteiger partial charge in [-0.1, -0.05) is 11.8 Å². The predicted octanol–water partition coefficient (Wildman–Crippen LogP) is 1.91. The third-order valence-corrected chi connectivity index (χ3v) is 2.80. The van der Waals surface area contributed by atoms with Crippen LogP contribution < -0.4 is 10.1 Å². The van der Waals surface area contributed by atoms with Crippen LogP contribution in [-0.4, -0.2) is 42.8 Å². The van der Waals surface area contributed by atoms with E-state index in [-0.39, 0.29) is 12.6 Å². The van der Waals surface area contributed by atoms with Crippen molar-refractivity contribution in [2.75, 3.05) is 32.1 Å². The Kier molecular flexibility index (Phi) is 6.41. The molecule has 0 saturated heterocycles. The van der Waals surface area contributed by atoms with E-state index in [0.717, 1.165) is 0 Å². The van der Waals surface area contributed by atoms with E-state index in [9.17, 15) is 4.79 Å². The molecule has 0 fully saturated rings. The van der Waals surface area contributed by atoms with Gasteiger partial charge in [0.1, 0.15) is 12.4 Å². The number of aliphatic hydroxyl groups is 1. The van der Waals surface area contributed by atoms with Crippen LogP contribution in [0.15, 0.2) is 18.2 Å². The molecule has 5 heteroatoms. The zero-order valence-electron chi connectivity index (χ0n) is 12.1. The first kappa shape index (κ1) is 15.9. The van der Waals surface area contributed by atoms with Crippen molar-refractivity contribution in [3.63, 3.8) is 0 Å². The lowest BCUT2D eigenvalue weighted by atomic mass is 10.2. The molecule has 2 N–H and O–H groups in total. The quantitative estimate of drug-likeness (QED) is 0.826. The number of benzene rings is 1.